The molecule has 0 aromatic carbocycles. The van der Waals surface area contributed by atoms with Crippen molar-refractivity contribution < 1.29 is 9.53 Å². The molecule has 88 valence electrons. The molecule has 1 aliphatic rings. The van der Waals surface area contributed by atoms with Crippen molar-refractivity contribution in [1.82, 2.24) is 4.90 Å². The summed E-state index contributed by atoms with van der Waals surface area (Å²) >= 11 is 0. The molecule has 0 spiro atoms. The molecule has 1 saturated heterocycles. The van der Waals surface area contributed by atoms with E-state index in [1.54, 1.807) is 4.90 Å². The molecule has 0 aromatic heterocycles. The van der Waals surface area contributed by atoms with Crippen LogP contribution < -0.4 is 5.73 Å². The molecular formula is C11H22N2O2. The van der Waals surface area contributed by atoms with Crippen molar-refractivity contribution >= 4 is 6.09 Å². The van der Waals surface area contributed by atoms with E-state index in [-0.39, 0.29) is 12.1 Å². The number of amides is 1. The Morgan fingerprint density at radius 3 is 2.53 bits per heavy atom. The minimum absolute atomic E-state index is 0.150. The Bertz CT molecular complexity index is 233. The third-order valence-electron chi connectivity index (χ3n) is 2.62. The monoisotopic (exact) mass is 214 g/mol. The number of hydrogen-bond donors (Lipinski definition) is 1. The van der Waals surface area contributed by atoms with Crippen molar-refractivity contribution in [3.63, 3.8) is 0 Å². The van der Waals surface area contributed by atoms with E-state index in [0.29, 0.717) is 5.92 Å². The Morgan fingerprint density at radius 1 is 1.53 bits per heavy atom. The molecule has 2 N–H and O–H groups in total. The number of rotatable bonds is 1. The minimum atomic E-state index is -0.413. The van der Waals surface area contributed by atoms with Crippen LogP contribution in [0.4, 0.5) is 4.79 Å². The van der Waals surface area contributed by atoms with Gasteiger partial charge in [-0.15, -0.1) is 0 Å². The molecule has 1 fully saturated rings. The molecule has 4 nitrogen and oxygen atoms in total. The molecule has 1 aliphatic heterocycles. The first-order chi connectivity index (χ1) is 6.79. The third-order valence-corrected chi connectivity index (χ3v) is 2.62. The van der Waals surface area contributed by atoms with Crippen molar-refractivity contribution in [2.45, 2.75) is 45.8 Å². The van der Waals surface area contributed by atoms with Gasteiger partial charge in [0.05, 0.1) is 0 Å². The van der Waals surface area contributed by atoms with E-state index in [2.05, 4.69) is 0 Å². The summed E-state index contributed by atoms with van der Waals surface area (Å²) in [5, 5.41) is 0. The van der Waals surface area contributed by atoms with E-state index in [4.69, 9.17) is 10.5 Å². The molecule has 0 saturated carbocycles. The quantitative estimate of drug-likeness (QED) is 0.721. The summed E-state index contributed by atoms with van der Waals surface area (Å²) in [7, 11) is 0. The Kier molecular flexibility index (Phi) is 3.60. The topological polar surface area (TPSA) is 55.6 Å². The SMILES string of the molecule is CC(N)C1CCN(C(=O)OC(C)(C)C)C1. The lowest BCUT2D eigenvalue weighted by Gasteiger charge is -2.24. The van der Waals surface area contributed by atoms with Gasteiger partial charge in [-0.2, -0.15) is 0 Å². The van der Waals surface area contributed by atoms with Crippen LogP contribution in [0.3, 0.4) is 0 Å². The van der Waals surface area contributed by atoms with Crippen molar-refractivity contribution in [2.24, 2.45) is 11.7 Å². The number of hydrogen-bond acceptors (Lipinski definition) is 3. The van der Waals surface area contributed by atoms with Gasteiger partial charge in [0.1, 0.15) is 5.60 Å². The summed E-state index contributed by atoms with van der Waals surface area (Å²) in [5.41, 5.74) is 5.40. The molecule has 0 bridgehead atoms. The van der Waals surface area contributed by atoms with Crippen LogP contribution in [0, 0.1) is 5.92 Å². The average Bonchev–Trinajstić information content (AvgIpc) is 2.47. The summed E-state index contributed by atoms with van der Waals surface area (Å²) in [4.78, 5) is 13.4. The fourth-order valence-electron chi connectivity index (χ4n) is 1.71. The van der Waals surface area contributed by atoms with Crippen molar-refractivity contribution in [1.29, 1.82) is 0 Å². The standard InChI is InChI=1S/C11H22N2O2/c1-8(12)9-5-6-13(7-9)10(14)15-11(2,3)4/h8-9H,5-7,12H2,1-4H3. The predicted molar refractivity (Wildman–Crippen MR) is 59.6 cm³/mol. The average molecular weight is 214 g/mol. The fourth-order valence-corrected chi connectivity index (χ4v) is 1.71. The van der Waals surface area contributed by atoms with E-state index in [0.717, 1.165) is 19.5 Å². The second kappa shape index (κ2) is 4.39. The first-order valence-corrected chi connectivity index (χ1v) is 5.53. The summed E-state index contributed by atoms with van der Waals surface area (Å²) in [6, 6.07) is 0.150. The molecule has 1 amide bonds. The maximum Gasteiger partial charge on any atom is 0.410 e. The van der Waals surface area contributed by atoms with Crippen molar-refractivity contribution in [3.8, 4) is 0 Å². The van der Waals surface area contributed by atoms with Gasteiger partial charge in [0.15, 0.2) is 0 Å². The molecule has 2 unspecified atom stereocenters. The molecular weight excluding hydrogens is 192 g/mol. The van der Waals surface area contributed by atoms with E-state index in [9.17, 15) is 4.79 Å². The first kappa shape index (κ1) is 12.3. The Morgan fingerprint density at radius 2 is 2.13 bits per heavy atom. The fraction of sp³-hybridized carbons (Fsp3) is 0.909. The summed E-state index contributed by atoms with van der Waals surface area (Å²) in [6.45, 7) is 9.12. The molecule has 15 heavy (non-hydrogen) atoms. The first-order valence-electron chi connectivity index (χ1n) is 5.53. The molecule has 2 atom stereocenters. The Balaban J connectivity index is 2.44. The van der Waals surface area contributed by atoms with Crippen LogP contribution in [0.5, 0.6) is 0 Å². The summed E-state index contributed by atoms with van der Waals surface area (Å²) < 4.78 is 5.30. The highest BCUT2D eigenvalue weighted by molar-refractivity contribution is 5.68. The maximum atomic E-state index is 11.7. The van der Waals surface area contributed by atoms with Gasteiger partial charge in [-0.05, 0) is 40.0 Å². The highest BCUT2D eigenvalue weighted by Crippen LogP contribution is 2.20. The van der Waals surface area contributed by atoms with Crippen molar-refractivity contribution in [3.05, 3.63) is 0 Å². The van der Waals surface area contributed by atoms with Gasteiger partial charge >= 0.3 is 6.09 Å². The molecule has 1 rings (SSSR count). The normalized spacial score (nSPS) is 24.1. The van der Waals surface area contributed by atoms with E-state index in [1.165, 1.54) is 0 Å². The molecule has 0 aromatic rings. The van der Waals surface area contributed by atoms with Crippen LogP contribution in [-0.2, 0) is 4.74 Å². The third kappa shape index (κ3) is 3.70. The number of carbonyl (C=O) groups excluding carboxylic acids is 1. The van der Waals surface area contributed by atoms with Crippen LogP contribution in [0.15, 0.2) is 0 Å². The van der Waals surface area contributed by atoms with Crippen LogP contribution >= 0.6 is 0 Å². The zero-order valence-electron chi connectivity index (χ0n) is 10.1. The smallest absolute Gasteiger partial charge is 0.410 e. The number of nitrogens with two attached hydrogens (primary N) is 1. The second-order valence-electron chi connectivity index (χ2n) is 5.33. The van der Waals surface area contributed by atoms with Gasteiger partial charge in [-0.1, -0.05) is 0 Å². The minimum Gasteiger partial charge on any atom is -0.444 e. The van der Waals surface area contributed by atoms with Gasteiger partial charge in [0.2, 0.25) is 0 Å². The molecule has 1 heterocycles. The number of nitrogens with zero attached hydrogens (tertiary/aromatic N) is 1. The van der Waals surface area contributed by atoms with Gasteiger partial charge in [0, 0.05) is 19.1 Å². The zero-order chi connectivity index (χ0) is 11.6. The Labute approximate surface area is 91.8 Å². The largest absolute Gasteiger partial charge is 0.444 e. The van der Waals surface area contributed by atoms with Crippen LogP contribution in [0.25, 0.3) is 0 Å². The Hall–Kier alpha value is -0.770. The zero-order valence-corrected chi connectivity index (χ0v) is 10.1. The molecule has 0 radical (unpaired) electrons. The highest BCUT2D eigenvalue weighted by Gasteiger charge is 2.31. The van der Waals surface area contributed by atoms with E-state index < -0.39 is 5.60 Å². The molecule has 0 aliphatic carbocycles. The second-order valence-corrected chi connectivity index (χ2v) is 5.33. The maximum absolute atomic E-state index is 11.7. The van der Waals surface area contributed by atoms with Crippen LogP contribution in [0.1, 0.15) is 34.1 Å². The molecule has 4 heteroatoms. The lowest BCUT2D eigenvalue weighted by molar-refractivity contribution is 0.0287. The highest BCUT2D eigenvalue weighted by atomic mass is 16.6. The lowest BCUT2D eigenvalue weighted by Crippen LogP contribution is -2.37. The van der Waals surface area contributed by atoms with E-state index >= 15 is 0 Å². The summed E-state index contributed by atoms with van der Waals surface area (Å²) in [5.74, 6) is 0.414. The van der Waals surface area contributed by atoms with Crippen LogP contribution in [0.2, 0.25) is 0 Å². The number of likely N-dealkylation sites (tertiary alicyclic amines) is 1. The van der Waals surface area contributed by atoms with Crippen molar-refractivity contribution in [2.75, 3.05) is 13.1 Å². The van der Waals surface area contributed by atoms with Crippen LogP contribution in [-0.4, -0.2) is 35.7 Å². The predicted octanol–water partition coefficient (Wildman–Crippen LogP) is 1.59. The summed E-state index contributed by atoms with van der Waals surface area (Å²) in [6.07, 6.45) is 0.766. The number of carbonyl (C=O) groups is 1. The number of ether oxygens (including phenoxy) is 1. The van der Waals surface area contributed by atoms with Gasteiger partial charge < -0.3 is 15.4 Å². The lowest BCUT2D eigenvalue weighted by atomic mass is 10.0. The van der Waals surface area contributed by atoms with Gasteiger partial charge in [0.25, 0.3) is 0 Å². The van der Waals surface area contributed by atoms with Gasteiger partial charge in [-0.25, -0.2) is 4.79 Å². The van der Waals surface area contributed by atoms with Gasteiger partial charge in [-0.3, -0.25) is 0 Å². The van der Waals surface area contributed by atoms with E-state index in [1.807, 2.05) is 27.7 Å².